The van der Waals surface area contributed by atoms with E-state index in [2.05, 4.69) is 36.6 Å². The topological polar surface area (TPSA) is 61.5 Å². The molecule has 1 aliphatic rings. The number of methoxy groups -OCH3 is 1. The molecule has 0 unspecified atom stereocenters. The smallest absolute Gasteiger partial charge is 0.261 e. The van der Waals surface area contributed by atoms with Gasteiger partial charge in [-0.3, -0.25) is 4.79 Å². The van der Waals surface area contributed by atoms with E-state index >= 15 is 0 Å². The summed E-state index contributed by atoms with van der Waals surface area (Å²) in [6.07, 6.45) is 4.01. The van der Waals surface area contributed by atoms with Crippen molar-refractivity contribution in [3.05, 3.63) is 89.4 Å². The van der Waals surface area contributed by atoms with Crippen LogP contribution >= 0.6 is 0 Å². The number of para-hydroxylation sites is 2. The number of carbonyl (C=O) groups excluding carboxylic acids is 1. The maximum Gasteiger partial charge on any atom is 0.261 e. The van der Waals surface area contributed by atoms with Crippen molar-refractivity contribution < 1.29 is 14.3 Å². The van der Waals surface area contributed by atoms with Crippen molar-refractivity contribution in [2.75, 3.05) is 13.7 Å². The Kier molecular flexibility index (Phi) is 5.38. The lowest BCUT2D eigenvalue weighted by Gasteiger charge is -2.18. The Bertz CT molecular complexity index is 1310. The predicted octanol–water partition coefficient (Wildman–Crippen LogP) is 4.21. The molecule has 0 radical (unpaired) electrons. The highest BCUT2D eigenvalue weighted by molar-refractivity contribution is 5.78. The first kappa shape index (κ1) is 20.9. The molecule has 1 aliphatic heterocycles. The first-order valence-electron chi connectivity index (χ1n) is 10.9. The summed E-state index contributed by atoms with van der Waals surface area (Å²) in [7, 11) is 1.58. The van der Waals surface area contributed by atoms with Gasteiger partial charge in [-0.1, -0.05) is 18.2 Å². The highest BCUT2D eigenvalue weighted by Gasteiger charge is 2.31. The number of carbonyl (C=O) groups is 1. The molecule has 0 spiro atoms. The molecular formula is C26H26N4O3. The summed E-state index contributed by atoms with van der Waals surface area (Å²) in [4.78, 5) is 14.7. The number of benzene rings is 2. The Morgan fingerprint density at radius 3 is 2.45 bits per heavy atom. The van der Waals surface area contributed by atoms with Crippen LogP contribution in [0.2, 0.25) is 0 Å². The molecule has 1 amide bonds. The predicted molar refractivity (Wildman–Crippen MR) is 125 cm³/mol. The van der Waals surface area contributed by atoms with Crippen molar-refractivity contribution in [1.29, 1.82) is 0 Å². The van der Waals surface area contributed by atoms with E-state index in [0.29, 0.717) is 24.6 Å². The van der Waals surface area contributed by atoms with E-state index in [4.69, 9.17) is 14.6 Å². The fraction of sp³-hybridized carbons (Fsp3) is 0.231. The standard InChI is InChI=1S/C26H26N4O3/c1-18-10-11-20(14-19(18)2)30-26(28-12-6-7-13-28)21-15-29(16-22(21)27-30)25(31)17-33-24-9-5-4-8-23(24)32-3/h4-14H,15-17H2,1-3H3. The number of hydrogen-bond donors (Lipinski definition) is 0. The first-order chi connectivity index (χ1) is 16.0. The van der Waals surface area contributed by atoms with Crippen LogP contribution in [0.25, 0.3) is 11.5 Å². The normalized spacial score (nSPS) is 12.6. The quantitative estimate of drug-likeness (QED) is 0.449. The second-order valence-electron chi connectivity index (χ2n) is 8.21. The second kappa shape index (κ2) is 8.50. The van der Waals surface area contributed by atoms with E-state index in [1.807, 2.05) is 47.4 Å². The van der Waals surface area contributed by atoms with Crippen molar-refractivity contribution in [2.24, 2.45) is 0 Å². The van der Waals surface area contributed by atoms with Gasteiger partial charge in [0.15, 0.2) is 18.1 Å². The summed E-state index contributed by atoms with van der Waals surface area (Å²) >= 11 is 0. The van der Waals surface area contributed by atoms with Gasteiger partial charge in [-0.15, -0.1) is 0 Å². The van der Waals surface area contributed by atoms with Gasteiger partial charge < -0.3 is 18.9 Å². The lowest BCUT2D eigenvalue weighted by molar-refractivity contribution is -0.134. The molecule has 3 heterocycles. The van der Waals surface area contributed by atoms with Crippen LogP contribution in [-0.4, -0.2) is 38.9 Å². The molecule has 2 aromatic heterocycles. The average Bonchev–Trinajstić information content (AvgIpc) is 3.55. The van der Waals surface area contributed by atoms with Gasteiger partial charge in [0, 0.05) is 18.0 Å². The van der Waals surface area contributed by atoms with E-state index in [9.17, 15) is 4.79 Å². The van der Waals surface area contributed by atoms with Crippen LogP contribution in [0.5, 0.6) is 11.5 Å². The average molecular weight is 443 g/mol. The van der Waals surface area contributed by atoms with Crippen LogP contribution in [0.3, 0.4) is 0 Å². The third-order valence-corrected chi connectivity index (χ3v) is 6.09. The zero-order valence-corrected chi connectivity index (χ0v) is 19.0. The van der Waals surface area contributed by atoms with E-state index in [0.717, 1.165) is 22.8 Å². The molecule has 0 saturated carbocycles. The number of aromatic nitrogens is 3. The minimum absolute atomic E-state index is 0.0549. The molecule has 33 heavy (non-hydrogen) atoms. The molecule has 0 saturated heterocycles. The minimum Gasteiger partial charge on any atom is -0.493 e. The molecule has 0 aliphatic carbocycles. The maximum absolute atomic E-state index is 12.9. The fourth-order valence-corrected chi connectivity index (χ4v) is 4.13. The molecule has 0 bridgehead atoms. The fourth-order valence-electron chi connectivity index (χ4n) is 4.13. The Hall–Kier alpha value is -4.00. The van der Waals surface area contributed by atoms with Crippen LogP contribution in [0.1, 0.15) is 22.4 Å². The molecule has 0 N–H and O–H groups in total. The summed E-state index contributed by atoms with van der Waals surface area (Å²) < 4.78 is 15.1. The number of amides is 1. The van der Waals surface area contributed by atoms with Crippen LogP contribution < -0.4 is 9.47 Å². The van der Waals surface area contributed by atoms with Crippen LogP contribution in [0.15, 0.2) is 67.0 Å². The van der Waals surface area contributed by atoms with Gasteiger partial charge >= 0.3 is 0 Å². The highest BCUT2D eigenvalue weighted by Crippen LogP contribution is 2.31. The van der Waals surface area contributed by atoms with Gasteiger partial charge in [0.1, 0.15) is 5.82 Å². The third-order valence-electron chi connectivity index (χ3n) is 6.09. The van der Waals surface area contributed by atoms with Gasteiger partial charge in [0.05, 0.1) is 31.6 Å². The lowest BCUT2D eigenvalue weighted by Crippen LogP contribution is -2.31. The van der Waals surface area contributed by atoms with Crippen molar-refractivity contribution in [3.8, 4) is 23.0 Å². The van der Waals surface area contributed by atoms with Crippen molar-refractivity contribution >= 4 is 5.91 Å². The monoisotopic (exact) mass is 442 g/mol. The Morgan fingerprint density at radius 2 is 1.73 bits per heavy atom. The summed E-state index contributed by atoms with van der Waals surface area (Å²) in [6.45, 7) is 5.09. The van der Waals surface area contributed by atoms with Crippen molar-refractivity contribution in [2.45, 2.75) is 26.9 Å². The largest absolute Gasteiger partial charge is 0.493 e. The van der Waals surface area contributed by atoms with Crippen molar-refractivity contribution in [1.82, 2.24) is 19.2 Å². The van der Waals surface area contributed by atoms with E-state index < -0.39 is 0 Å². The van der Waals surface area contributed by atoms with E-state index in [-0.39, 0.29) is 12.5 Å². The molecule has 2 aromatic carbocycles. The van der Waals surface area contributed by atoms with Gasteiger partial charge in [0.2, 0.25) is 0 Å². The van der Waals surface area contributed by atoms with Gasteiger partial charge in [-0.05, 0) is 61.4 Å². The Morgan fingerprint density at radius 1 is 0.970 bits per heavy atom. The zero-order valence-electron chi connectivity index (χ0n) is 19.0. The van der Waals surface area contributed by atoms with Crippen LogP contribution in [-0.2, 0) is 17.9 Å². The Balaban J connectivity index is 1.40. The van der Waals surface area contributed by atoms with Gasteiger partial charge in [-0.2, -0.15) is 5.10 Å². The Labute approximate surface area is 192 Å². The molecule has 5 rings (SSSR count). The highest BCUT2D eigenvalue weighted by atomic mass is 16.5. The number of rotatable bonds is 6. The maximum atomic E-state index is 12.9. The third kappa shape index (κ3) is 3.86. The molecule has 7 heteroatoms. The van der Waals surface area contributed by atoms with E-state index in [1.54, 1.807) is 18.1 Å². The molecule has 168 valence electrons. The lowest BCUT2D eigenvalue weighted by atomic mass is 10.1. The molecular weight excluding hydrogens is 416 g/mol. The molecule has 4 aromatic rings. The van der Waals surface area contributed by atoms with Gasteiger partial charge in [0.25, 0.3) is 5.91 Å². The number of fused-ring (bicyclic) bond motifs is 1. The number of aryl methyl sites for hydroxylation is 2. The number of hydrogen-bond acceptors (Lipinski definition) is 4. The second-order valence-corrected chi connectivity index (χ2v) is 8.21. The number of nitrogens with zero attached hydrogens (tertiary/aromatic N) is 4. The summed E-state index contributed by atoms with van der Waals surface area (Å²) in [5, 5.41) is 4.91. The van der Waals surface area contributed by atoms with Crippen LogP contribution in [0.4, 0.5) is 0 Å². The van der Waals surface area contributed by atoms with Crippen LogP contribution in [0, 0.1) is 13.8 Å². The summed E-state index contributed by atoms with van der Waals surface area (Å²) in [6, 6.07) is 17.6. The zero-order chi connectivity index (χ0) is 22.9. The van der Waals surface area contributed by atoms with Gasteiger partial charge in [-0.25, -0.2) is 4.68 Å². The molecule has 0 atom stereocenters. The summed E-state index contributed by atoms with van der Waals surface area (Å²) in [5.74, 6) is 2.03. The molecule has 7 nitrogen and oxygen atoms in total. The van der Waals surface area contributed by atoms with Crippen molar-refractivity contribution in [3.63, 3.8) is 0 Å². The SMILES string of the molecule is COc1ccccc1OCC(=O)N1Cc2nn(-c3ccc(C)c(C)c3)c(-n3cccc3)c2C1. The minimum atomic E-state index is -0.0879. The first-order valence-corrected chi connectivity index (χ1v) is 10.9. The van der Waals surface area contributed by atoms with E-state index in [1.165, 1.54) is 11.1 Å². The number of ether oxygens (including phenoxy) is 2. The summed E-state index contributed by atoms with van der Waals surface area (Å²) in [5.41, 5.74) is 5.42. The molecule has 0 fully saturated rings.